The van der Waals surface area contributed by atoms with Gasteiger partial charge in [-0.25, -0.2) is 0 Å². The highest BCUT2D eigenvalue weighted by Gasteiger charge is 2.48. The molecule has 0 amide bonds. The summed E-state index contributed by atoms with van der Waals surface area (Å²) in [5.74, 6) is -2.42. The average molecular weight is 244 g/mol. The van der Waals surface area contributed by atoms with Gasteiger partial charge in [0, 0.05) is 13.1 Å². The van der Waals surface area contributed by atoms with Gasteiger partial charge in [0.05, 0.1) is 0 Å². The van der Waals surface area contributed by atoms with Crippen LogP contribution in [0.15, 0.2) is 0 Å². The molecule has 6 heteroatoms. The van der Waals surface area contributed by atoms with Gasteiger partial charge in [0.2, 0.25) is 0 Å². The van der Waals surface area contributed by atoms with E-state index in [1.807, 2.05) is 14.1 Å². The number of hydrogen-bond donors (Lipinski definition) is 2. The van der Waals surface area contributed by atoms with Crippen LogP contribution in [0.1, 0.15) is 12.8 Å². The molecule has 6 nitrogen and oxygen atoms in total. The summed E-state index contributed by atoms with van der Waals surface area (Å²) in [4.78, 5) is 26.3. The van der Waals surface area contributed by atoms with E-state index in [1.165, 1.54) is 0 Å². The van der Waals surface area contributed by atoms with Crippen LogP contribution in [0.2, 0.25) is 0 Å². The van der Waals surface area contributed by atoms with E-state index in [1.54, 1.807) is 0 Å². The van der Waals surface area contributed by atoms with E-state index < -0.39 is 17.4 Å². The fourth-order valence-corrected chi connectivity index (χ4v) is 2.02. The van der Waals surface area contributed by atoms with Crippen molar-refractivity contribution < 1.29 is 19.8 Å². The normalized spacial score (nSPS) is 20.4. The lowest BCUT2D eigenvalue weighted by Crippen LogP contribution is -2.49. The summed E-state index contributed by atoms with van der Waals surface area (Å²) in [6.07, 6.45) is 0.371. The summed E-state index contributed by atoms with van der Waals surface area (Å²) in [7, 11) is 3.95. The van der Waals surface area contributed by atoms with Crippen molar-refractivity contribution in [2.24, 2.45) is 5.41 Å². The molecule has 0 saturated carbocycles. The van der Waals surface area contributed by atoms with E-state index in [0.29, 0.717) is 13.1 Å². The highest BCUT2D eigenvalue weighted by molar-refractivity contribution is 5.98. The van der Waals surface area contributed by atoms with Crippen LogP contribution in [-0.4, -0.2) is 72.2 Å². The van der Waals surface area contributed by atoms with Gasteiger partial charge in [-0.1, -0.05) is 0 Å². The second-order valence-electron chi connectivity index (χ2n) is 4.84. The smallest absolute Gasteiger partial charge is 0.321 e. The molecule has 2 N–H and O–H groups in total. The molecule has 0 spiro atoms. The van der Waals surface area contributed by atoms with Crippen LogP contribution in [0.3, 0.4) is 0 Å². The fourth-order valence-electron chi connectivity index (χ4n) is 2.02. The third kappa shape index (κ3) is 3.17. The first kappa shape index (κ1) is 13.9. The van der Waals surface area contributed by atoms with Crippen LogP contribution in [-0.2, 0) is 9.59 Å². The molecule has 0 aromatic heterocycles. The molecule has 0 aromatic rings. The Hall–Kier alpha value is -1.14. The van der Waals surface area contributed by atoms with Crippen molar-refractivity contribution >= 4 is 11.9 Å². The van der Waals surface area contributed by atoms with Crippen molar-refractivity contribution in [3.8, 4) is 0 Å². The molecule has 17 heavy (non-hydrogen) atoms. The minimum absolute atomic E-state index is 0.186. The molecule has 0 atom stereocenters. The number of likely N-dealkylation sites (tertiary alicyclic amines) is 1. The molecular weight excluding hydrogens is 224 g/mol. The summed E-state index contributed by atoms with van der Waals surface area (Å²) in [5, 5.41) is 18.1. The van der Waals surface area contributed by atoms with Crippen LogP contribution >= 0.6 is 0 Å². The molecule has 1 aliphatic rings. The molecular formula is C11H20N2O4. The van der Waals surface area contributed by atoms with Gasteiger partial charge in [0.15, 0.2) is 5.41 Å². The van der Waals surface area contributed by atoms with Crippen molar-refractivity contribution in [3.63, 3.8) is 0 Å². The number of carboxylic acid groups (broad SMARTS) is 2. The van der Waals surface area contributed by atoms with E-state index in [0.717, 1.165) is 13.1 Å². The molecule has 0 unspecified atom stereocenters. The SMILES string of the molecule is CN(C)CCN1CCC(C(=O)O)(C(=O)O)CC1. The van der Waals surface area contributed by atoms with Crippen molar-refractivity contribution in [1.29, 1.82) is 0 Å². The van der Waals surface area contributed by atoms with Gasteiger partial charge in [-0.2, -0.15) is 0 Å². The van der Waals surface area contributed by atoms with Crippen molar-refractivity contribution in [1.82, 2.24) is 9.80 Å². The maximum atomic E-state index is 11.1. The minimum atomic E-state index is -1.57. The molecule has 1 heterocycles. The van der Waals surface area contributed by atoms with Gasteiger partial charge in [-0.15, -0.1) is 0 Å². The molecule has 1 rings (SSSR count). The lowest BCUT2D eigenvalue weighted by molar-refractivity contribution is -0.168. The van der Waals surface area contributed by atoms with Crippen LogP contribution in [0.4, 0.5) is 0 Å². The zero-order chi connectivity index (χ0) is 13.1. The van der Waals surface area contributed by atoms with E-state index in [2.05, 4.69) is 9.80 Å². The van der Waals surface area contributed by atoms with Crippen molar-refractivity contribution in [2.45, 2.75) is 12.8 Å². The third-order valence-electron chi connectivity index (χ3n) is 3.39. The van der Waals surface area contributed by atoms with Crippen molar-refractivity contribution in [2.75, 3.05) is 40.3 Å². The zero-order valence-corrected chi connectivity index (χ0v) is 10.3. The van der Waals surface area contributed by atoms with E-state index in [-0.39, 0.29) is 12.8 Å². The van der Waals surface area contributed by atoms with Crippen LogP contribution in [0, 0.1) is 5.41 Å². The standard InChI is InChI=1S/C11H20N2O4/c1-12(2)7-8-13-5-3-11(4-6-13,9(14)15)10(16)17/h3-8H2,1-2H3,(H,14,15)(H,16,17). The predicted octanol–water partition coefficient (Wildman–Crippen LogP) is -0.201. The fraction of sp³-hybridized carbons (Fsp3) is 0.818. The van der Waals surface area contributed by atoms with Gasteiger partial charge in [-0.3, -0.25) is 9.59 Å². The van der Waals surface area contributed by atoms with E-state index >= 15 is 0 Å². The summed E-state index contributed by atoms with van der Waals surface area (Å²) >= 11 is 0. The Labute approximate surface area is 101 Å². The van der Waals surface area contributed by atoms with E-state index in [4.69, 9.17) is 10.2 Å². The first-order valence-electron chi connectivity index (χ1n) is 5.72. The monoisotopic (exact) mass is 244 g/mol. The number of rotatable bonds is 5. The maximum absolute atomic E-state index is 11.1. The Bertz CT molecular complexity index is 280. The number of hydrogen-bond acceptors (Lipinski definition) is 4. The van der Waals surface area contributed by atoms with E-state index in [9.17, 15) is 9.59 Å². The molecule has 0 aliphatic carbocycles. The lowest BCUT2D eigenvalue weighted by Gasteiger charge is -2.36. The summed E-state index contributed by atoms with van der Waals surface area (Å²) in [5.41, 5.74) is -1.57. The van der Waals surface area contributed by atoms with Gasteiger partial charge >= 0.3 is 11.9 Å². The van der Waals surface area contributed by atoms with Gasteiger partial charge in [0.1, 0.15) is 0 Å². The summed E-state index contributed by atoms with van der Waals surface area (Å²) < 4.78 is 0. The first-order valence-corrected chi connectivity index (χ1v) is 5.72. The Balaban J connectivity index is 2.53. The molecule has 1 fully saturated rings. The second kappa shape index (κ2) is 5.46. The van der Waals surface area contributed by atoms with Gasteiger partial charge < -0.3 is 20.0 Å². The largest absolute Gasteiger partial charge is 0.480 e. The molecule has 0 aromatic carbocycles. The highest BCUT2D eigenvalue weighted by Crippen LogP contribution is 2.32. The number of carbonyl (C=O) groups is 2. The predicted molar refractivity (Wildman–Crippen MR) is 61.9 cm³/mol. The first-order chi connectivity index (χ1) is 7.88. The number of likely N-dealkylation sites (N-methyl/N-ethyl adjacent to an activating group) is 1. The topological polar surface area (TPSA) is 81.1 Å². The average Bonchev–Trinajstić information content (AvgIpc) is 2.26. The van der Waals surface area contributed by atoms with Gasteiger partial charge in [0.25, 0.3) is 0 Å². The lowest BCUT2D eigenvalue weighted by atomic mass is 9.78. The Kier molecular flexibility index (Phi) is 4.47. The third-order valence-corrected chi connectivity index (χ3v) is 3.39. The number of nitrogens with zero attached hydrogens (tertiary/aromatic N) is 2. The van der Waals surface area contributed by atoms with Crippen LogP contribution in [0.25, 0.3) is 0 Å². The molecule has 1 aliphatic heterocycles. The highest BCUT2D eigenvalue weighted by atomic mass is 16.4. The molecule has 0 bridgehead atoms. The Morgan fingerprint density at radius 1 is 1.18 bits per heavy atom. The molecule has 98 valence electrons. The molecule has 1 saturated heterocycles. The number of piperidine rings is 1. The summed E-state index contributed by atoms with van der Waals surface area (Å²) in [6, 6.07) is 0. The number of carboxylic acids is 2. The van der Waals surface area contributed by atoms with Crippen LogP contribution < -0.4 is 0 Å². The maximum Gasteiger partial charge on any atom is 0.321 e. The number of aliphatic carboxylic acids is 2. The zero-order valence-electron chi connectivity index (χ0n) is 10.3. The molecule has 0 radical (unpaired) electrons. The van der Waals surface area contributed by atoms with Crippen molar-refractivity contribution in [3.05, 3.63) is 0 Å². The summed E-state index contributed by atoms with van der Waals surface area (Å²) in [6.45, 7) is 2.81. The van der Waals surface area contributed by atoms with Crippen LogP contribution in [0.5, 0.6) is 0 Å². The van der Waals surface area contributed by atoms with Gasteiger partial charge in [-0.05, 0) is 40.0 Å². The minimum Gasteiger partial charge on any atom is -0.480 e. The second-order valence-corrected chi connectivity index (χ2v) is 4.84. The quantitative estimate of drug-likeness (QED) is 0.652. The Morgan fingerprint density at radius 2 is 1.65 bits per heavy atom. The Morgan fingerprint density at radius 3 is 2.00 bits per heavy atom.